The second-order valence-corrected chi connectivity index (χ2v) is 7.23. The number of anilines is 1. The SMILES string of the molecule is CC(C)N1Cc2cc(NC(=O)c3cccc(C(F)(F)F)n3)c(Br)cc2C1=O. The zero-order valence-electron chi connectivity index (χ0n) is 14.4. The van der Waals surface area contributed by atoms with Crippen molar-refractivity contribution in [3.63, 3.8) is 0 Å². The first kappa shape index (κ1) is 19.3. The second kappa shape index (κ2) is 6.95. The van der Waals surface area contributed by atoms with Crippen molar-refractivity contribution in [2.24, 2.45) is 0 Å². The van der Waals surface area contributed by atoms with E-state index in [-0.39, 0.29) is 17.6 Å². The molecule has 2 heterocycles. The fourth-order valence-corrected chi connectivity index (χ4v) is 3.22. The van der Waals surface area contributed by atoms with Gasteiger partial charge in [-0.05, 0) is 59.6 Å². The van der Waals surface area contributed by atoms with E-state index in [0.29, 0.717) is 22.3 Å². The molecule has 0 radical (unpaired) electrons. The van der Waals surface area contributed by atoms with E-state index < -0.39 is 17.8 Å². The Hall–Kier alpha value is -2.42. The molecule has 5 nitrogen and oxygen atoms in total. The molecule has 1 aromatic carbocycles. The van der Waals surface area contributed by atoms with E-state index in [0.717, 1.165) is 17.7 Å². The number of amides is 2. The van der Waals surface area contributed by atoms with Gasteiger partial charge in [-0.2, -0.15) is 13.2 Å². The smallest absolute Gasteiger partial charge is 0.332 e. The number of fused-ring (bicyclic) bond motifs is 1. The van der Waals surface area contributed by atoms with Crippen LogP contribution in [0, 0.1) is 0 Å². The number of nitrogens with zero attached hydrogens (tertiary/aromatic N) is 2. The van der Waals surface area contributed by atoms with Crippen molar-refractivity contribution in [1.29, 1.82) is 0 Å². The number of carbonyl (C=O) groups is 2. The van der Waals surface area contributed by atoms with Crippen LogP contribution in [0.5, 0.6) is 0 Å². The van der Waals surface area contributed by atoms with Gasteiger partial charge in [0, 0.05) is 22.6 Å². The van der Waals surface area contributed by atoms with Gasteiger partial charge in [-0.3, -0.25) is 9.59 Å². The average Bonchev–Trinajstić information content (AvgIpc) is 2.91. The molecule has 0 aliphatic carbocycles. The van der Waals surface area contributed by atoms with Crippen LogP contribution in [-0.4, -0.2) is 27.7 Å². The molecule has 1 N–H and O–H groups in total. The van der Waals surface area contributed by atoms with Crippen LogP contribution < -0.4 is 5.32 Å². The van der Waals surface area contributed by atoms with Crippen LogP contribution in [0.1, 0.15) is 46.0 Å². The highest BCUT2D eigenvalue weighted by atomic mass is 79.9. The largest absolute Gasteiger partial charge is 0.433 e. The fourth-order valence-electron chi connectivity index (χ4n) is 2.78. The van der Waals surface area contributed by atoms with E-state index in [1.807, 2.05) is 13.8 Å². The summed E-state index contributed by atoms with van der Waals surface area (Å²) in [6.45, 7) is 4.21. The van der Waals surface area contributed by atoms with Crippen molar-refractivity contribution in [3.8, 4) is 0 Å². The highest BCUT2D eigenvalue weighted by molar-refractivity contribution is 9.10. The van der Waals surface area contributed by atoms with Crippen LogP contribution in [0.3, 0.4) is 0 Å². The molecule has 0 saturated carbocycles. The molecule has 1 aromatic heterocycles. The molecule has 2 amide bonds. The summed E-state index contributed by atoms with van der Waals surface area (Å²) in [5.41, 5.74) is 0.143. The lowest BCUT2D eigenvalue weighted by atomic mass is 10.1. The van der Waals surface area contributed by atoms with Crippen LogP contribution in [0.25, 0.3) is 0 Å². The molecule has 0 unspecified atom stereocenters. The fraction of sp³-hybridized carbons (Fsp3) is 0.278. The quantitative estimate of drug-likeness (QED) is 0.763. The lowest BCUT2D eigenvalue weighted by Gasteiger charge is -2.19. The molecule has 1 aliphatic rings. The molecule has 0 atom stereocenters. The van der Waals surface area contributed by atoms with Gasteiger partial charge in [0.15, 0.2) is 0 Å². The molecular weight excluding hydrogens is 427 g/mol. The number of aromatic nitrogens is 1. The van der Waals surface area contributed by atoms with E-state index >= 15 is 0 Å². The molecule has 142 valence electrons. The number of pyridine rings is 1. The van der Waals surface area contributed by atoms with Gasteiger partial charge in [-0.1, -0.05) is 6.07 Å². The van der Waals surface area contributed by atoms with E-state index in [1.165, 1.54) is 6.07 Å². The molecule has 3 rings (SSSR count). The summed E-state index contributed by atoms with van der Waals surface area (Å²) in [4.78, 5) is 29.8. The molecule has 27 heavy (non-hydrogen) atoms. The standard InChI is InChI=1S/C18H15BrF3N3O2/c1-9(2)25-8-10-6-14(12(19)7-11(10)17(25)27)24-16(26)13-4-3-5-15(23-13)18(20,21)22/h3-7,9H,8H2,1-2H3,(H,24,26). The number of carbonyl (C=O) groups excluding carboxylic acids is 2. The number of halogens is 4. The number of alkyl halides is 3. The third-order valence-corrected chi connectivity index (χ3v) is 4.82. The van der Waals surface area contributed by atoms with Crippen molar-refractivity contribution in [2.45, 2.75) is 32.6 Å². The Kier molecular flexibility index (Phi) is 4.98. The number of nitrogens with one attached hydrogen (secondary N) is 1. The van der Waals surface area contributed by atoms with Gasteiger partial charge in [0.05, 0.1) is 5.69 Å². The van der Waals surface area contributed by atoms with Crippen LogP contribution >= 0.6 is 15.9 Å². The van der Waals surface area contributed by atoms with Gasteiger partial charge < -0.3 is 10.2 Å². The summed E-state index contributed by atoms with van der Waals surface area (Å²) in [6, 6.07) is 6.41. The molecule has 2 aromatic rings. The summed E-state index contributed by atoms with van der Waals surface area (Å²) >= 11 is 3.30. The molecule has 0 fully saturated rings. The monoisotopic (exact) mass is 441 g/mol. The zero-order chi connectivity index (χ0) is 19.9. The maximum atomic E-state index is 12.8. The van der Waals surface area contributed by atoms with E-state index in [1.54, 1.807) is 17.0 Å². The van der Waals surface area contributed by atoms with Gasteiger partial charge in [-0.15, -0.1) is 0 Å². The Morgan fingerprint density at radius 2 is 2.00 bits per heavy atom. The first-order chi connectivity index (χ1) is 12.6. The van der Waals surface area contributed by atoms with Crippen molar-refractivity contribution in [3.05, 3.63) is 57.3 Å². The minimum absolute atomic E-state index is 0.0241. The summed E-state index contributed by atoms with van der Waals surface area (Å²) in [7, 11) is 0. The Morgan fingerprint density at radius 3 is 2.63 bits per heavy atom. The lowest BCUT2D eigenvalue weighted by Crippen LogP contribution is -2.30. The Labute approximate surface area is 161 Å². The van der Waals surface area contributed by atoms with E-state index in [4.69, 9.17) is 0 Å². The molecule has 0 spiro atoms. The maximum absolute atomic E-state index is 12.8. The summed E-state index contributed by atoms with van der Waals surface area (Å²) in [5.74, 6) is -0.870. The highest BCUT2D eigenvalue weighted by Crippen LogP contribution is 2.33. The first-order valence-electron chi connectivity index (χ1n) is 8.07. The average molecular weight is 442 g/mol. The zero-order valence-corrected chi connectivity index (χ0v) is 16.0. The minimum Gasteiger partial charge on any atom is -0.332 e. The maximum Gasteiger partial charge on any atom is 0.433 e. The van der Waals surface area contributed by atoms with Gasteiger partial charge in [0.2, 0.25) is 0 Å². The van der Waals surface area contributed by atoms with Gasteiger partial charge >= 0.3 is 6.18 Å². The number of rotatable bonds is 3. The molecule has 0 bridgehead atoms. The summed E-state index contributed by atoms with van der Waals surface area (Å²) in [5, 5.41) is 2.55. The van der Waals surface area contributed by atoms with E-state index in [9.17, 15) is 22.8 Å². The van der Waals surface area contributed by atoms with Crippen molar-refractivity contribution >= 4 is 33.4 Å². The number of hydrogen-bond acceptors (Lipinski definition) is 3. The number of hydrogen-bond donors (Lipinski definition) is 1. The minimum atomic E-state index is -4.63. The molecule has 1 aliphatic heterocycles. The normalized spacial score (nSPS) is 13.9. The van der Waals surface area contributed by atoms with Crippen molar-refractivity contribution in [1.82, 2.24) is 9.88 Å². The Bertz CT molecular complexity index is 929. The van der Waals surface area contributed by atoms with Crippen molar-refractivity contribution in [2.75, 3.05) is 5.32 Å². The van der Waals surface area contributed by atoms with Crippen molar-refractivity contribution < 1.29 is 22.8 Å². The Morgan fingerprint density at radius 1 is 1.30 bits per heavy atom. The second-order valence-electron chi connectivity index (χ2n) is 6.38. The molecular formula is C18H15BrF3N3O2. The predicted octanol–water partition coefficient (Wildman–Crippen LogP) is 4.48. The topological polar surface area (TPSA) is 62.3 Å². The third-order valence-electron chi connectivity index (χ3n) is 4.17. The summed E-state index contributed by atoms with van der Waals surface area (Å²) < 4.78 is 38.8. The first-order valence-corrected chi connectivity index (χ1v) is 8.86. The lowest BCUT2D eigenvalue weighted by molar-refractivity contribution is -0.141. The van der Waals surface area contributed by atoms with Crippen LogP contribution in [-0.2, 0) is 12.7 Å². The predicted molar refractivity (Wildman–Crippen MR) is 96.3 cm³/mol. The van der Waals surface area contributed by atoms with Gasteiger partial charge in [0.25, 0.3) is 11.8 Å². The Balaban J connectivity index is 1.87. The van der Waals surface area contributed by atoms with Gasteiger partial charge in [-0.25, -0.2) is 4.98 Å². The molecule has 0 saturated heterocycles. The van der Waals surface area contributed by atoms with Crippen LogP contribution in [0.4, 0.5) is 18.9 Å². The third kappa shape index (κ3) is 3.83. The van der Waals surface area contributed by atoms with Gasteiger partial charge in [0.1, 0.15) is 11.4 Å². The molecule has 9 heteroatoms. The van der Waals surface area contributed by atoms with E-state index in [2.05, 4.69) is 26.2 Å². The van der Waals surface area contributed by atoms with Crippen LogP contribution in [0.15, 0.2) is 34.8 Å². The number of benzene rings is 1. The highest BCUT2D eigenvalue weighted by Gasteiger charge is 2.33. The van der Waals surface area contributed by atoms with Crippen LogP contribution in [0.2, 0.25) is 0 Å². The summed E-state index contributed by atoms with van der Waals surface area (Å²) in [6.07, 6.45) is -4.63.